The van der Waals surface area contributed by atoms with Gasteiger partial charge in [0.15, 0.2) is 0 Å². The molecule has 2 unspecified atom stereocenters. The molecule has 0 radical (unpaired) electrons. The molecule has 1 saturated carbocycles. The zero-order valence-corrected chi connectivity index (χ0v) is 7.17. The molecule has 0 heteroatoms. The summed E-state index contributed by atoms with van der Waals surface area (Å²) in [6.07, 6.45) is 10.6. The second kappa shape index (κ2) is 2.37. The first-order valence-electron chi connectivity index (χ1n) is 4.38. The quantitative estimate of drug-likeness (QED) is 0.461. The van der Waals surface area contributed by atoms with Crippen LogP contribution >= 0.6 is 0 Å². The smallest absolute Gasteiger partial charge is 0.00265 e. The zero-order valence-electron chi connectivity index (χ0n) is 7.17. The van der Waals surface area contributed by atoms with Gasteiger partial charge in [-0.15, -0.1) is 0 Å². The van der Waals surface area contributed by atoms with E-state index in [1.807, 2.05) is 0 Å². The lowest BCUT2D eigenvalue weighted by Crippen LogP contribution is -1.95. The molecule has 0 nitrogen and oxygen atoms in total. The van der Waals surface area contributed by atoms with E-state index < -0.39 is 0 Å². The maximum absolute atomic E-state index is 2.35. The van der Waals surface area contributed by atoms with Crippen LogP contribution < -0.4 is 0 Å². The molecule has 58 valence electrons. The Kier molecular flexibility index (Phi) is 1.49. The predicted octanol–water partition coefficient (Wildman–Crippen LogP) is 3.08. The summed E-state index contributed by atoms with van der Waals surface area (Å²) in [7, 11) is 0. The molecule has 2 rings (SSSR count). The average molecular weight is 146 g/mol. The van der Waals surface area contributed by atoms with Crippen molar-refractivity contribution in [2.24, 2.45) is 11.8 Å². The molecule has 0 aromatic rings. The lowest BCUT2D eigenvalue weighted by molar-refractivity contribution is 0.735. The minimum absolute atomic E-state index is 0.746. The fourth-order valence-electron chi connectivity index (χ4n) is 2.35. The van der Waals surface area contributed by atoms with Crippen LogP contribution in [-0.2, 0) is 0 Å². The molecule has 0 aliphatic heterocycles. The number of fused-ring (bicyclic) bond motifs is 2. The van der Waals surface area contributed by atoms with Crippen molar-refractivity contribution in [2.45, 2.75) is 20.3 Å². The van der Waals surface area contributed by atoms with Gasteiger partial charge in [0.2, 0.25) is 0 Å². The van der Waals surface area contributed by atoms with E-state index in [4.69, 9.17) is 0 Å². The van der Waals surface area contributed by atoms with Crippen molar-refractivity contribution < 1.29 is 0 Å². The highest BCUT2D eigenvalue weighted by atomic mass is 14.4. The highest BCUT2D eigenvalue weighted by Crippen LogP contribution is 2.46. The van der Waals surface area contributed by atoms with E-state index in [-0.39, 0.29) is 0 Å². The van der Waals surface area contributed by atoms with Gasteiger partial charge in [-0.2, -0.15) is 0 Å². The Morgan fingerprint density at radius 3 is 1.91 bits per heavy atom. The Morgan fingerprint density at radius 2 is 1.55 bits per heavy atom. The summed E-state index contributed by atoms with van der Waals surface area (Å²) in [5.41, 5.74) is 3.14. The first-order valence-corrected chi connectivity index (χ1v) is 4.38. The Labute approximate surface area is 68.3 Å². The SMILES string of the molecule is CC=C1C(=CC)C2C=CC1C2. The third-order valence-corrected chi connectivity index (χ3v) is 2.84. The summed E-state index contributed by atoms with van der Waals surface area (Å²) in [6, 6.07) is 0. The van der Waals surface area contributed by atoms with E-state index in [1.54, 1.807) is 11.1 Å². The maximum atomic E-state index is 2.35. The summed E-state index contributed by atoms with van der Waals surface area (Å²) < 4.78 is 0. The second-order valence-electron chi connectivity index (χ2n) is 3.32. The normalized spacial score (nSPS) is 41.3. The molecule has 1 fully saturated rings. The molecule has 2 aliphatic carbocycles. The molecule has 0 spiro atoms. The number of hydrogen-bond acceptors (Lipinski definition) is 0. The summed E-state index contributed by atoms with van der Waals surface area (Å²) in [5, 5.41) is 0. The third kappa shape index (κ3) is 0.819. The van der Waals surface area contributed by atoms with Crippen LogP contribution in [0.3, 0.4) is 0 Å². The molecule has 2 atom stereocenters. The maximum Gasteiger partial charge on any atom is 0.00265 e. The molecule has 0 amide bonds. The number of rotatable bonds is 0. The largest absolute Gasteiger partial charge is 0.0836 e. The van der Waals surface area contributed by atoms with Gasteiger partial charge in [-0.05, 0) is 31.4 Å². The van der Waals surface area contributed by atoms with Crippen LogP contribution in [0.1, 0.15) is 20.3 Å². The fourth-order valence-corrected chi connectivity index (χ4v) is 2.35. The summed E-state index contributed by atoms with van der Waals surface area (Å²) in [6.45, 7) is 4.29. The van der Waals surface area contributed by atoms with Crippen molar-refractivity contribution >= 4 is 0 Å². The minimum Gasteiger partial charge on any atom is -0.0836 e. The zero-order chi connectivity index (χ0) is 7.84. The molecular formula is C11H14. The van der Waals surface area contributed by atoms with Crippen molar-refractivity contribution in [3.63, 3.8) is 0 Å². The Morgan fingerprint density at radius 1 is 1.09 bits per heavy atom. The summed E-state index contributed by atoms with van der Waals surface area (Å²) in [4.78, 5) is 0. The monoisotopic (exact) mass is 146 g/mol. The molecule has 0 aromatic carbocycles. The third-order valence-electron chi connectivity index (χ3n) is 2.84. The molecule has 0 heterocycles. The summed E-state index contributed by atoms with van der Waals surface area (Å²) in [5.74, 6) is 1.49. The molecule has 11 heavy (non-hydrogen) atoms. The highest BCUT2D eigenvalue weighted by molar-refractivity contribution is 5.47. The molecule has 0 N–H and O–H groups in total. The van der Waals surface area contributed by atoms with Crippen molar-refractivity contribution in [3.8, 4) is 0 Å². The lowest BCUT2D eigenvalue weighted by atomic mass is 9.95. The van der Waals surface area contributed by atoms with Crippen LogP contribution in [0.15, 0.2) is 35.5 Å². The van der Waals surface area contributed by atoms with Crippen LogP contribution in [0.2, 0.25) is 0 Å². The Balaban J connectivity index is 2.44. The van der Waals surface area contributed by atoms with E-state index >= 15 is 0 Å². The van der Waals surface area contributed by atoms with Crippen molar-refractivity contribution in [1.82, 2.24) is 0 Å². The van der Waals surface area contributed by atoms with Gasteiger partial charge in [-0.3, -0.25) is 0 Å². The molecule has 2 bridgehead atoms. The van der Waals surface area contributed by atoms with Gasteiger partial charge in [0.1, 0.15) is 0 Å². The first kappa shape index (κ1) is 6.90. The van der Waals surface area contributed by atoms with E-state index in [2.05, 4.69) is 38.2 Å². The molecular weight excluding hydrogens is 132 g/mol. The van der Waals surface area contributed by atoms with E-state index in [1.165, 1.54) is 6.42 Å². The molecule has 0 aromatic heterocycles. The Bertz CT molecular complexity index is 227. The highest BCUT2D eigenvalue weighted by Gasteiger charge is 2.33. The van der Waals surface area contributed by atoms with Crippen molar-refractivity contribution in [1.29, 1.82) is 0 Å². The van der Waals surface area contributed by atoms with Crippen molar-refractivity contribution in [3.05, 3.63) is 35.5 Å². The van der Waals surface area contributed by atoms with Crippen LogP contribution in [0.4, 0.5) is 0 Å². The Hall–Kier alpha value is -0.780. The topological polar surface area (TPSA) is 0 Å². The van der Waals surface area contributed by atoms with Gasteiger partial charge in [-0.25, -0.2) is 0 Å². The van der Waals surface area contributed by atoms with Gasteiger partial charge >= 0.3 is 0 Å². The van der Waals surface area contributed by atoms with Gasteiger partial charge in [-0.1, -0.05) is 24.3 Å². The molecule has 0 saturated heterocycles. The second-order valence-corrected chi connectivity index (χ2v) is 3.32. The van der Waals surface area contributed by atoms with Crippen LogP contribution in [0.25, 0.3) is 0 Å². The van der Waals surface area contributed by atoms with Crippen molar-refractivity contribution in [2.75, 3.05) is 0 Å². The average Bonchev–Trinajstić information content (AvgIpc) is 2.60. The van der Waals surface area contributed by atoms with Gasteiger partial charge < -0.3 is 0 Å². The van der Waals surface area contributed by atoms with Gasteiger partial charge in [0, 0.05) is 11.8 Å². The van der Waals surface area contributed by atoms with E-state index in [0.717, 1.165) is 11.8 Å². The van der Waals surface area contributed by atoms with E-state index in [0.29, 0.717) is 0 Å². The van der Waals surface area contributed by atoms with Gasteiger partial charge in [0.25, 0.3) is 0 Å². The van der Waals surface area contributed by atoms with Crippen LogP contribution in [0, 0.1) is 11.8 Å². The van der Waals surface area contributed by atoms with Crippen LogP contribution in [0.5, 0.6) is 0 Å². The summed E-state index contributed by atoms with van der Waals surface area (Å²) >= 11 is 0. The predicted molar refractivity (Wildman–Crippen MR) is 48.3 cm³/mol. The number of allylic oxidation sites excluding steroid dienone is 6. The molecule has 2 aliphatic rings. The fraction of sp³-hybridized carbons (Fsp3) is 0.455. The minimum atomic E-state index is 0.746. The van der Waals surface area contributed by atoms with Crippen LogP contribution in [-0.4, -0.2) is 0 Å². The standard InChI is InChI=1S/C11H14/c1-3-10-8-5-6-9(7-8)11(10)4-2/h3-6,8-9H,7H2,1-2H3. The first-order chi connectivity index (χ1) is 5.36. The number of hydrogen-bond donors (Lipinski definition) is 0. The van der Waals surface area contributed by atoms with E-state index in [9.17, 15) is 0 Å². The lowest BCUT2D eigenvalue weighted by Gasteiger charge is -2.11. The van der Waals surface area contributed by atoms with Gasteiger partial charge in [0.05, 0.1) is 0 Å².